The largest absolute Gasteiger partial charge is 0.305 e. The Kier molecular flexibility index (Phi) is 4.34. The Labute approximate surface area is 86.8 Å². The third kappa shape index (κ3) is 3.94. The van der Waals surface area contributed by atoms with Crippen LogP contribution in [0, 0.1) is 0 Å². The molecule has 0 amide bonds. The van der Waals surface area contributed by atoms with Crippen LogP contribution in [0.15, 0.2) is 0 Å². The van der Waals surface area contributed by atoms with Crippen LogP contribution in [0.25, 0.3) is 0 Å². The molecular weight excluding hydrogens is 200 g/mol. The molecule has 1 rings (SSSR count). The average molecular weight is 220 g/mol. The van der Waals surface area contributed by atoms with E-state index in [0.717, 1.165) is 19.6 Å². The molecule has 1 heterocycles. The minimum Gasteiger partial charge on any atom is -0.305 e. The fraction of sp³-hybridized carbons (Fsp3) is 1.00. The topological polar surface area (TPSA) is 40.6 Å². The summed E-state index contributed by atoms with van der Waals surface area (Å²) >= 11 is 0. The Morgan fingerprint density at radius 1 is 1.29 bits per heavy atom. The average Bonchev–Trinajstić information content (AvgIpc) is 2.16. The van der Waals surface area contributed by atoms with Gasteiger partial charge in [0.25, 0.3) is 0 Å². The molecule has 0 radical (unpaired) electrons. The quantitative estimate of drug-likeness (QED) is 0.650. The van der Waals surface area contributed by atoms with E-state index in [9.17, 15) is 8.42 Å². The van der Waals surface area contributed by atoms with Gasteiger partial charge in [-0.3, -0.25) is 0 Å². The lowest BCUT2D eigenvalue weighted by atomic mass is 10.4. The maximum atomic E-state index is 11.2. The molecule has 4 nitrogen and oxygen atoms in total. The highest BCUT2D eigenvalue weighted by molar-refractivity contribution is 7.91. The second-order valence-electron chi connectivity index (χ2n) is 3.89. The molecule has 0 spiro atoms. The normalized spacial score (nSPS) is 22.8. The van der Waals surface area contributed by atoms with Gasteiger partial charge in [0, 0.05) is 26.2 Å². The minimum atomic E-state index is -2.72. The molecule has 0 unspecified atom stereocenters. The van der Waals surface area contributed by atoms with Gasteiger partial charge < -0.3 is 9.80 Å². The Morgan fingerprint density at radius 2 is 1.86 bits per heavy atom. The van der Waals surface area contributed by atoms with Gasteiger partial charge in [0.2, 0.25) is 0 Å². The first-order valence-corrected chi connectivity index (χ1v) is 6.97. The first-order chi connectivity index (χ1) is 6.53. The molecular formula is C9H20N2O2S. The van der Waals surface area contributed by atoms with Crippen LogP contribution in [-0.4, -0.2) is 69.5 Å². The van der Waals surface area contributed by atoms with Crippen molar-refractivity contribution >= 4 is 9.84 Å². The van der Waals surface area contributed by atoms with Gasteiger partial charge in [0.1, 0.15) is 0 Å². The van der Waals surface area contributed by atoms with E-state index in [-0.39, 0.29) is 0 Å². The molecule has 0 aliphatic carbocycles. The second-order valence-corrected chi connectivity index (χ2v) is 6.19. The van der Waals surface area contributed by atoms with Crippen LogP contribution in [0.4, 0.5) is 0 Å². The van der Waals surface area contributed by atoms with Crippen molar-refractivity contribution in [1.82, 2.24) is 9.80 Å². The van der Waals surface area contributed by atoms with Crippen LogP contribution >= 0.6 is 0 Å². The first kappa shape index (κ1) is 11.9. The standard InChI is InChI=1S/C9H20N2O2S/c1-3-10(2)4-5-11-6-8-14(12,13)9-7-11/h3-9H2,1-2H3. The van der Waals surface area contributed by atoms with Crippen LogP contribution in [-0.2, 0) is 9.84 Å². The van der Waals surface area contributed by atoms with E-state index in [0.29, 0.717) is 24.6 Å². The predicted molar refractivity (Wildman–Crippen MR) is 58.3 cm³/mol. The van der Waals surface area contributed by atoms with Gasteiger partial charge in [0.15, 0.2) is 9.84 Å². The van der Waals surface area contributed by atoms with E-state index in [1.165, 1.54) is 0 Å². The summed E-state index contributed by atoms with van der Waals surface area (Å²) in [6.07, 6.45) is 0. The SMILES string of the molecule is CCN(C)CCN1CCS(=O)(=O)CC1. The van der Waals surface area contributed by atoms with Crippen molar-refractivity contribution < 1.29 is 8.42 Å². The van der Waals surface area contributed by atoms with E-state index < -0.39 is 9.84 Å². The van der Waals surface area contributed by atoms with Gasteiger partial charge in [-0.1, -0.05) is 6.92 Å². The maximum Gasteiger partial charge on any atom is 0.152 e. The highest BCUT2D eigenvalue weighted by Crippen LogP contribution is 2.03. The van der Waals surface area contributed by atoms with Crippen molar-refractivity contribution in [2.45, 2.75) is 6.92 Å². The number of hydrogen-bond donors (Lipinski definition) is 0. The van der Waals surface area contributed by atoms with Gasteiger partial charge in [-0.05, 0) is 13.6 Å². The Bertz CT molecular complexity index is 250. The molecule has 5 heteroatoms. The summed E-state index contributed by atoms with van der Waals surface area (Å²) in [5.41, 5.74) is 0. The van der Waals surface area contributed by atoms with E-state index in [1.54, 1.807) is 0 Å². The molecule has 0 aromatic heterocycles. The zero-order valence-corrected chi connectivity index (χ0v) is 9.89. The summed E-state index contributed by atoms with van der Waals surface area (Å²) in [5.74, 6) is 0.672. The molecule has 0 bridgehead atoms. The van der Waals surface area contributed by atoms with Crippen molar-refractivity contribution in [1.29, 1.82) is 0 Å². The zero-order chi connectivity index (χ0) is 10.6. The molecule has 0 N–H and O–H groups in total. The monoisotopic (exact) mass is 220 g/mol. The number of nitrogens with zero attached hydrogens (tertiary/aromatic N) is 2. The maximum absolute atomic E-state index is 11.2. The van der Waals surface area contributed by atoms with Crippen LogP contribution in [0.5, 0.6) is 0 Å². The second kappa shape index (κ2) is 5.09. The van der Waals surface area contributed by atoms with Gasteiger partial charge >= 0.3 is 0 Å². The highest BCUT2D eigenvalue weighted by Gasteiger charge is 2.20. The number of hydrogen-bond acceptors (Lipinski definition) is 4. The van der Waals surface area contributed by atoms with E-state index in [1.807, 2.05) is 0 Å². The summed E-state index contributed by atoms with van der Waals surface area (Å²) in [6.45, 7) is 6.60. The Morgan fingerprint density at radius 3 is 2.36 bits per heavy atom. The summed E-state index contributed by atoms with van der Waals surface area (Å²) in [7, 11) is -0.631. The molecule has 0 aromatic carbocycles. The molecule has 84 valence electrons. The van der Waals surface area contributed by atoms with Crippen LogP contribution < -0.4 is 0 Å². The Balaban J connectivity index is 2.23. The van der Waals surface area contributed by atoms with Crippen molar-refractivity contribution in [2.75, 3.05) is 51.3 Å². The van der Waals surface area contributed by atoms with Crippen LogP contribution in [0.1, 0.15) is 6.92 Å². The molecule has 0 saturated carbocycles. The number of likely N-dealkylation sites (N-methyl/N-ethyl adjacent to an activating group) is 1. The fourth-order valence-corrected chi connectivity index (χ4v) is 2.72. The van der Waals surface area contributed by atoms with Gasteiger partial charge in [-0.15, -0.1) is 0 Å². The smallest absolute Gasteiger partial charge is 0.152 e. The van der Waals surface area contributed by atoms with Crippen LogP contribution in [0.2, 0.25) is 0 Å². The van der Waals surface area contributed by atoms with Gasteiger partial charge in [-0.25, -0.2) is 8.42 Å². The highest BCUT2D eigenvalue weighted by atomic mass is 32.2. The summed E-state index contributed by atoms with van der Waals surface area (Å²) in [6, 6.07) is 0. The lowest BCUT2D eigenvalue weighted by Crippen LogP contribution is -2.43. The lowest BCUT2D eigenvalue weighted by molar-refractivity contribution is 0.242. The van der Waals surface area contributed by atoms with Crippen molar-refractivity contribution in [3.63, 3.8) is 0 Å². The summed E-state index contributed by atoms with van der Waals surface area (Å²) < 4.78 is 22.3. The number of sulfone groups is 1. The summed E-state index contributed by atoms with van der Waals surface area (Å²) in [4.78, 5) is 4.47. The van der Waals surface area contributed by atoms with Gasteiger partial charge in [0.05, 0.1) is 11.5 Å². The van der Waals surface area contributed by atoms with E-state index in [4.69, 9.17) is 0 Å². The fourth-order valence-electron chi connectivity index (χ4n) is 1.44. The first-order valence-electron chi connectivity index (χ1n) is 5.15. The van der Waals surface area contributed by atoms with Crippen molar-refractivity contribution in [2.24, 2.45) is 0 Å². The molecule has 0 aromatic rings. The van der Waals surface area contributed by atoms with Gasteiger partial charge in [-0.2, -0.15) is 0 Å². The third-order valence-corrected chi connectivity index (χ3v) is 4.38. The van der Waals surface area contributed by atoms with Crippen molar-refractivity contribution in [3.8, 4) is 0 Å². The molecule has 1 aliphatic rings. The molecule has 0 atom stereocenters. The molecule has 14 heavy (non-hydrogen) atoms. The number of rotatable bonds is 4. The van der Waals surface area contributed by atoms with E-state index in [2.05, 4.69) is 23.8 Å². The van der Waals surface area contributed by atoms with Crippen molar-refractivity contribution in [3.05, 3.63) is 0 Å². The molecule has 1 saturated heterocycles. The zero-order valence-electron chi connectivity index (χ0n) is 9.07. The Hall–Kier alpha value is -0.130. The molecule has 1 fully saturated rings. The predicted octanol–water partition coefficient (Wildman–Crippen LogP) is -0.331. The van der Waals surface area contributed by atoms with E-state index >= 15 is 0 Å². The third-order valence-electron chi connectivity index (χ3n) is 2.77. The summed E-state index contributed by atoms with van der Waals surface area (Å²) in [5, 5.41) is 0. The lowest BCUT2D eigenvalue weighted by Gasteiger charge is -2.28. The van der Waals surface area contributed by atoms with Crippen LogP contribution in [0.3, 0.4) is 0 Å². The minimum absolute atomic E-state index is 0.336. The molecule has 1 aliphatic heterocycles.